The quantitative estimate of drug-likeness (QED) is 0.874. The van der Waals surface area contributed by atoms with Gasteiger partial charge in [0.25, 0.3) is 0 Å². The molecule has 0 radical (unpaired) electrons. The summed E-state index contributed by atoms with van der Waals surface area (Å²) in [6, 6.07) is 6.50. The molecule has 1 aliphatic rings. The number of hydrogen-bond acceptors (Lipinski definition) is 3. The molecule has 0 aromatic heterocycles. The summed E-state index contributed by atoms with van der Waals surface area (Å²) in [6.07, 6.45) is 2.22. The highest BCUT2D eigenvalue weighted by atomic mass is 32.2. The number of hydrogen-bond donors (Lipinski definition) is 1. The summed E-state index contributed by atoms with van der Waals surface area (Å²) < 4.78 is 25.5. The fourth-order valence-electron chi connectivity index (χ4n) is 1.88. The van der Waals surface area contributed by atoms with Crippen LogP contribution in [0.4, 0.5) is 0 Å². The minimum absolute atomic E-state index is 0.177. The second-order valence-electron chi connectivity index (χ2n) is 3.95. The lowest BCUT2D eigenvalue weighted by Crippen LogP contribution is -2.24. The van der Waals surface area contributed by atoms with Crippen LogP contribution in [0.25, 0.3) is 6.08 Å². The third-order valence-corrected chi connectivity index (χ3v) is 4.96. The Kier molecular flexibility index (Phi) is 3.22. The van der Waals surface area contributed by atoms with Crippen molar-refractivity contribution < 1.29 is 13.5 Å². The Hall–Kier alpha value is -1.33. The Morgan fingerprint density at radius 3 is 2.53 bits per heavy atom. The first-order valence-electron chi connectivity index (χ1n) is 5.54. The molecule has 0 aliphatic carbocycles. The monoisotopic (exact) mass is 253 g/mol. The van der Waals surface area contributed by atoms with Crippen molar-refractivity contribution in [2.24, 2.45) is 0 Å². The van der Waals surface area contributed by atoms with Gasteiger partial charge >= 0.3 is 0 Å². The van der Waals surface area contributed by atoms with E-state index in [1.165, 1.54) is 4.31 Å². The summed E-state index contributed by atoms with van der Waals surface area (Å²) in [5.41, 5.74) is 0.791. The second kappa shape index (κ2) is 4.50. The number of sulfonamides is 1. The second-order valence-corrected chi connectivity index (χ2v) is 5.94. The number of phenolic OH excluding ortho intramolecular Hbond substituents is 1. The molecule has 0 amide bonds. The Morgan fingerprint density at radius 1 is 1.35 bits per heavy atom. The normalized spacial score (nSPS) is 22.1. The summed E-state index contributed by atoms with van der Waals surface area (Å²) in [6.45, 7) is 2.90. The minimum Gasteiger partial charge on any atom is -0.508 e. The lowest BCUT2D eigenvalue weighted by atomic mass is 10.2. The highest BCUT2D eigenvalue weighted by Gasteiger charge is 2.31. The molecule has 0 spiro atoms. The van der Waals surface area contributed by atoms with E-state index in [1.807, 2.05) is 6.92 Å². The molecule has 1 aromatic rings. The molecular weight excluding hydrogens is 238 g/mol. The summed E-state index contributed by atoms with van der Waals surface area (Å²) in [5, 5.41) is 9.15. The van der Waals surface area contributed by atoms with Crippen LogP contribution in [0.2, 0.25) is 0 Å². The van der Waals surface area contributed by atoms with Gasteiger partial charge in [-0.15, -0.1) is 0 Å². The Bertz CT molecular complexity index is 531. The van der Waals surface area contributed by atoms with Gasteiger partial charge in [0.05, 0.1) is 4.91 Å². The number of aromatic hydroxyl groups is 1. The molecular formula is C12H15NO3S. The zero-order valence-corrected chi connectivity index (χ0v) is 10.4. The lowest BCUT2D eigenvalue weighted by molar-refractivity contribution is 0.463. The van der Waals surface area contributed by atoms with Gasteiger partial charge in [-0.05, 0) is 30.2 Å². The van der Waals surface area contributed by atoms with E-state index in [2.05, 4.69) is 0 Å². The van der Waals surface area contributed by atoms with Crippen LogP contribution in [0.3, 0.4) is 0 Å². The molecule has 1 fully saturated rings. The van der Waals surface area contributed by atoms with E-state index < -0.39 is 10.0 Å². The SMILES string of the molecule is CCN1CC/C(=C\c2ccc(O)cc2)S1(=O)=O. The summed E-state index contributed by atoms with van der Waals surface area (Å²) in [5.74, 6) is 0.177. The zero-order valence-electron chi connectivity index (χ0n) is 9.63. The third-order valence-electron chi connectivity index (χ3n) is 2.85. The maximum atomic E-state index is 12.0. The van der Waals surface area contributed by atoms with Crippen molar-refractivity contribution in [1.82, 2.24) is 4.31 Å². The fourth-order valence-corrected chi connectivity index (χ4v) is 3.52. The van der Waals surface area contributed by atoms with Crippen molar-refractivity contribution in [2.45, 2.75) is 13.3 Å². The van der Waals surface area contributed by atoms with Crippen molar-refractivity contribution in [3.63, 3.8) is 0 Å². The van der Waals surface area contributed by atoms with Crippen LogP contribution in [-0.4, -0.2) is 30.9 Å². The van der Waals surface area contributed by atoms with E-state index in [4.69, 9.17) is 5.11 Å². The van der Waals surface area contributed by atoms with Crippen LogP contribution in [0.15, 0.2) is 29.2 Å². The highest BCUT2D eigenvalue weighted by Crippen LogP contribution is 2.27. The van der Waals surface area contributed by atoms with Gasteiger partial charge in [0.1, 0.15) is 5.75 Å². The first-order chi connectivity index (χ1) is 8.04. The Balaban J connectivity index is 2.33. The minimum atomic E-state index is -3.25. The van der Waals surface area contributed by atoms with Crippen LogP contribution in [-0.2, 0) is 10.0 Å². The molecule has 92 valence electrons. The van der Waals surface area contributed by atoms with Gasteiger partial charge in [0.2, 0.25) is 10.0 Å². The maximum absolute atomic E-state index is 12.0. The molecule has 5 heteroatoms. The van der Waals surface area contributed by atoms with Gasteiger partial charge in [-0.25, -0.2) is 8.42 Å². The van der Waals surface area contributed by atoms with Crippen molar-refractivity contribution in [3.05, 3.63) is 34.7 Å². The van der Waals surface area contributed by atoms with Gasteiger partial charge < -0.3 is 5.11 Å². The van der Waals surface area contributed by atoms with Crippen LogP contribution in [0.5, 0.6) is 5.75 Å². The summed E-state index contributed by atoms with van der Waals surface area (Å²) in [7, 11) is -3.25. The first-order valence-corrected chi connectivity index (χ1v) is 6.98. The first kappa shape index (κ1) is 12.1. The van der Waals surface area contributed by atoms with Crippen LogP contribution in [0, 0.1) is 0 Å². The Labute approximate surface area is 101 Å². The predicted molar refractivity (Wildman–Crippen MR) is 66.9 cm³/mol. The molecule has 0 unspecified atom stereocenters. The molecule has 1 heterocycles. The summed E-state index contributed by atoms with van der Waals surface area (Å²) in [4.78, 5) is 0.449. The lowest BCUT2D eigenvalue weighted by Gasteiger charge is -2.10. The molecule has 1 saturated heterocycles. The molecule has 17 heavy (non-hydrogen) atoms. The largest absolute Gasteiger partial charge is 0.508 e. The van der Waals surface area contributed by atoms with E-state index in [9.17, 15) is 8.42 Å². The van der Waals surface area contributed by atoms with Crippen molar-refractivity contribution in [1.29, 1.82) is 0 Å². The van der Waals surface area contributed by atoms with Crippen LogP contribution >= 0.6 is 0 Å². The molecule has 0 atom stereocenters. The Morgan fingerprint density at radius 2 is 2.00 bits per heavy atom. The van der Waals surface area contributed by atoms with E-state index in [0.29, 0.717) is 24.4 Å². The van der Waals surface area contributed by atoms with Gasteiger partial charge in [-0.1, -0.05) is 19.1 Å². The third kappa shape index (κ3) is 2.35. The molecule has 1 aliphatic heterocycles. The molecule has 0 bridgehead atoms. The average Bonchev–Trinajstić information content (AvgIpc) is 2.57. The molecule has 2 rings (SSSR count). The van der Waals surface area contributed by atoms with Crippen molar-refractivity contribution in [3.8, 4) is 5.75 Å². The number of benzene rings is 1. The predicted octanol–water partition coefficient (Wildman–Crippen LogP) is 1.79. The number of phenols is 1. The van der Waals surface area contributed by atoms with Gasteiger partial charge in [0.15, 0.2) is 0 Å². The van der Waals surface area contributed by atoms with Crippen molar-refractivity contribution in [2.75, 3.05) is 13.1 Å². The molecule has 4 nitrogen and oxygen atoms in total. The van der Waals surface area contributed by atoms with Crippen LogP contribution < -0.4 is 0 Å². The maximum Gasteiger partial charge on any atom is 0.239 e. The average molecular weight is 253 g/mol. The molecule has 0 saturated carbocycles. The molecule has 1 aromatic carbocycles. The highest BCUT2D eigenvalue weighted by molar-refractivity contribution is 7.93. The van der Waals surface area contributed by atoms with Crippen LogP contribution in [0.1, 0.15) is 18.9 Å². The van der Waals surface area contributed by atoms with E-state index in [0.717, 1.165) is 5.56 Å². The van der Waals surface area contributed by atoms with Gasteiger partial charge in [0, 0.05) is 13.1 Å². The van der Waals surface area contributed by atoms with E-state index in [1.54, 1.807) is 30.3 Å². The number of nitrogens with zero attached hydrogens (tertiary/aromatic N) is 1. The van der Waals surface area contributed by atoms with Gasteiger partial charge in [-0.2, -0.15) is 4.31 Å². The number of rotatable bonds is 2. The van der Waals surface area contributed by atoms with E-state index >= 15 is 0 Å². The van der Waals surface area contributed by atoms with Crippen molar-refractivity contribution >= 4 is 16.1 Å². The van der Waals surface area contributed by atoms with Gasteiger partial charge in [-0.3, -0.25) is 0 Å². The summed E-state index contributed by atoms with van der Waals surface area (Å²) >= 11 is 0. The topological polar surface area (TPSA) is 57.6 Å². The fraction of sp³-hybridized carbons (Fsp3) is 0.333. The smallest absolute Gasteiger partial charge is 0.239 e. The molecule has 1 N–H and O–H groups in total. The standard InChI is InChI=1S/C12H15NO3S/c1-2-13-8-7-12(17(13,15)16)9-10-3-5-11(14)6-4-10/h3-6,9,14H,2,7-8H2,1H3/b12-9+. The zero-order chi connectivity index (χ0) is 12.5. The van der Waals surface area contributed by atoms with E-state index in [-0.39, 0.29) is 5.75 Å².